The Kier molecular flexibility index (Phi) is 4.96. The van der Waals surface area contributed by atoms with Crippen molar-refractivity contribution in [3.05, 3.63) is 12.2 Å². The topological polar surface area (TPSA) is 81.7 Å². The van der Waals surface area contributed by atoms with Crippen LogP contribution >= 0.6 is 0 Å². The number of carbonyl (C=O) groups is 2. The van der Waals surface area contributed by atoms with E-state index in [-0.39, 0.29) is 12.1 Å². The molecule has 3 N–H and O–H groups in total. The van der Waals surface area contributed by atoms with E-state index in [0.717, 1.165) is 6.54 Å². The molecule has 0 aromatic rings. The molecule has 1 aliphatic carbocycles. The van der Waals surface area contributed by atoms with Gasteiger partial charge in [-0.05, 0) is 13.5 Å². The fourth-order valence-corrected chi connectivity index (χ4v) is 1.64. The Labute approximate surface area is 101 Å². The number of likely N-dealkylation sites (N-methyl/N-ethyl adjacent to an activating group) is 2. The summed E-state index contributed by atoms with van der Waals surface area (Å²) < 4.78 is 0. The molecule has 1 rings (SSSR count). The molecule has 0 heterocycles. The third-order valence-corrected chi connectivity index (χ3v) is 2.75. The van der Waals surface area contributed by atoms with Crippen LogP contribution in [-0.2, 0) is 4.79 Å². The number of amides is 2. The van der Waals surface area contributed by atoms with Gasteiger partial charge in [0.2, 0.25) is 0 Å². The number of nitrogens with zero attached hydrogens (tertiary/aromatic N) is 1. The zero-order valence-corrected chi connectivity index (χ0v) is 10.1. The van der Waals surface area contributed by atoms with Gasteiger partial charge in [0.05, 0.1) is 12.0 Å². The first-order chi connectivity index (χ1) is 8.04. The van der Waals surface area contributed by atoms with Crippen LogP contribution in [0.2, 0.25) is 0 Å². The summed E-state index contributed by atoms with van der Waals surface area (Å²) in [6.07, 6.45) is 3.80. The average molecular weight is 241 g/mol. The lowest BCUT2D eigenvalue weighted by Crippen LogP contribution is -2.44. The summed E-state index contributed by atoms with van der Waals surface area (Å²) in [6, 6.07) is -0.360. The minimum Gasteiger partial charge on any atom is -0.481 e. The molecular formula is C11H19N3O3. The number of nitrogens with one attached hydrogen (secondary N) is 2. The van der Waals surface area contributed by atoms with Crippen LogP contribution in [0.3, 0.4) is 0 Å². The van der Waals surface area contributed by atoms with Gasteiger partial charge in [-0.15, -0.1) is 0 Å². The number of hydrogen-bond donors (Lipinski definition) is 3. The van der Waals surface area contributed by atoms with Crippen LogP contribution < -0.4 is 10.6 Å². The van der Waals surface area contributed by atoms with Gasteiger partial charge in [0.15, 0.2) is 0 Å². The normalized spacial score (nSPS) is 22.5. The second kappa shape index (κ2) is 6.24. The average Bonchev–Trinajstić information content (AvgIpc) is 2.74. The zero-order valence-electron chi connectivity index (χ0n) is 10.1. The molecule has 0 fully saturated rings. The minimum atomic E-state index is -0.846. The number of aliphatic carboxylic acids is 1. The third-order valence-electron chi connectivity index (χ3n) is 2.75. The first-order valence-electron chi connectivity index (χ1n) is 5.62. The molecule has 0 radical (unpaired) electrons. The van der Waals surface area contributed by atoms with Crippen molar-refractivity contribution in [3.8, 4) is 0 Å². The summed E-state index contributed by atoms with van der Waals surface area (Å²) in [5, 5.41) is 14.5. The Hall–Kier alpha value is -1.56. The monoisotopic (exact) mass is 241 g/mol. The van der Waals surface area contributed by atoms with E-state index < -0.39 is 11.9 Å². The van der Waals surface area contributed by atoms with Crippen molar-refractivity contribution in [1.82, 2.24) is 15.5 Å². The van der Waals surface area contributed by atoms with E-state index in [4.69, 9.17) is 5.11 Å². The number of carbonyl (C=O) groups excluding carboxylic acids is 1. The molecule has 2 unspecified atom stereocenters. The van der Waals surface area contributed by atoms with Gasteiger partial charge in [-0.1, -0.05) is 12.2 Å². The molecule has 0 spiro atoms. The predicted molar refractivity (Wildman–Crippen MR) is 63.8 cm³/mol. The standard InChI is InChI=1S/C11H19N3O3/c1-12-5-6-14(2)11(17)13-9-4-3-8(7-9)10(15)16/h3-4,8-9,12H,5-7H2,1-2H3,(H,13,17)(H,15,16). The Morgan fingerprint density at radius 1 is 1.47 bits per heavy atom. The van der Waals surface area contributed by atoms with Gasteiger partial charge in [0.25, 0.3) is 0 Å². The molecule has 17 heavy (non-hydrogen) atoms. The summed E-state index contributed by atoms with van der Waals surface area (Å²) >= 11 is 0. The lowest BCUT2D eigenvalue weighted by molar-refractivity contribution is -0.140. The molecule has 0 aromatic heterocycles. The van der Waals surface area contributed by atoms with Crippen molar-refractivity contribution < 1.29 is 14.7 Å². The summed E-state index contributed by atoms with van der Waals surface area (Å²) in [6.45, 7) is 1.34. The maximum Gasteiger partial charge on any atom is 0.317 e. The third kappa shape index (κ3) is 4.07. The fourth-order valence-electron chi connectivity index (χ4n) is 1.64. The lowest BCUT2D eigenvalue weighted by Gasteiger charge is -2.20. The van der Waals surface area contributed by atoms with E-state index in [1.54, 1.807) is 24.1 Å². The van der Waals surface area contributed by atoms with Crippen molar-refractivity contribution in [2.24, 2.45) is 5.92 Å². The van der Waals surface area contributed by atoms with Gasteiger partial charge in [-0.2, -0.15) is 0 Å². The Bertz CT molecular complexity index is 317. The highest BCUT2D eigenvalue weighted by Gasteiger charge is 2.25. The number of rotatable bonds is 5. The van der Waals surface area contributed by atoms with Gasteiger partial charge in [-0.25, -0.2) is 4.79 Å². The van der Waals surface area contributed by atoms with Crippen LogP contribution in [-0.4, -0.2) is 55.2 Å². The van der Waals surface area contributed by atoms with Crippen LogP contribution in [0.25, 0.3) is 0 Å². The van der Waals surface area contributed by atoms with Crippen LogP contribution in [0.1, 0.15) is 6.42 Å². The SMILES string of the molecule is CNCCN(C)C(=O)NC1C=CC(C(=O)O)C1. The summed E-state index contributed by atoms with van der Waals surface area (Å²) in [7, 11) is 3.53. The maximum atomic E-state index is 11.7. The van der Waals surface area contributed by atoms with Crippen molar-refractivity contribution in [3.63, 3.8) is 0 Å². The zero-order chi connectivity index (χ0) is 12.8. The number of hydrogen-bond acceptors (Lipinski definition) is 3. The van der Waals surface area contributed by atoms with E-state index in [2.05, 4.69) is 10.6 Å². The summed E-state index contributed by atoms with van der Waals surface area (Å²) in [4.78, 5) is 24.0. The van der Waals surface area contributed by atoms with Crippen LogP contribution in [0.4, 0.5) is 4.79 Å². The number of carboxylic acids is 1. The van der Waals surface area contributed by atoms with E-state index in [1.807, 2.05) is 7.05 Å². The highest BCUT2D eigenvalue weighted by Crippen LogP contribution is 2.17. The van der Waals surface area contributed by atoms with Crippen molar-refractivity contribution in [2.45, 2.75) is 12.5 Å². The molecule has 0 saturated carbocycles. The van der Waals surface area contributed by atoms with Gasteiger partial charge >= 0.3 is 12.0 Å². The van der Waals surface area contributed by atoms with E-state index in [9.17, 15) is 9.59 Å². The lowest BCUT2D eigenvalue weighted by atomic mass is 10.1. The summed E-state index contributed by atoms with van der Waals surface area (Å²) in [5.74, 6) is -1.33. The minimum absolute atomic E-state index is 0.180. The first kappa shape index (κ1) is 13.5. The quantitative estimate of drug-likeness (QED) is 0.586. The maximum absolute atomic E-state index is 11.7. The predicted octanol–water partition coefficient (Wildman–Crippen LogP) is -0.123. The molecule has 96 valence electrons. The van der Waals surface area contributed by atoms with Crippen molar-refractivity contribution in [2.75, 3.05) is 27.2 Å². The number of carboxylic acid groups (broad SMARTS) is 1. The van der Waals surface area contributed by atoms with Crippen LogP contribution in [0.15, 0.2) is 12.2 Å². The van der Waals surface area contributed by atoms with Crippen LogP contribution in [0.5, 0.6) is 0 Å². The van der Waals surface area contributed by atoms with E-state index in [1.165, 1.54) is 0 Å². The summed E-state index contributed by atoms with van der Waals surface area (Å²) in [5.41, 5.74) is 0. The Morgan fingerprint density at radius 2 is 2.18 bits per heavy atom. The van der Waals surface area contributed by atoms with Gasteiger partial charge < -0.3 is 20.6 Å². The molecule has 0 saturated heterocycles. The molecule has 6 heteroatoms. The van der Waals surface area contributed by atoms with E-state index >= 15 is 0 Å². The van der Waals surface area contributed by atoms with Crippen molar-refractivity contribution >= 4 is 12.0 Å². The highest BCUT2D eigenvalue weighted by molar-refractivity contribution is 5.76. The molecule has 2 amide bonds. The molecule has 0 aromatic carbocycles. The van der Waals surface area contributed by atoms with Gasteiger partial charge in [0, 0.05) is 20.1 Å². The molecule has 0 bridgehead atoms. The smallest absolute Gasteiger partial charge is 0.317 e. The second-order valence-electron chi connectivity index (χ2n) is 4.15. The van der Waals surface area contributed by atoms with Crippen molar-refractivity contribution in [1.29, 1.82) is 0 Å². The molecule has 0 aliphatic heterocycles. The Balaban J connectivity index is 2.33. The van der Waals surface area contributed by atoms with Crippen LogP contribution in [0, 0.1) is 5.92 Å². The van der Waals surface area contributed by atoms with E-state index in [0.29, 0.717) is 13.0 Å². The Morgan fingerprint density at radius 3 is 2.71 bits per heavy atom. The molecule has 2 atom stereocenters. The van der Waals surface area contributed by atoms with Gasteiger partial charge in [-0.3, -0.25) is 4.79 Å². The molecule has 1 aliphatic rings. The first-order valence-corrected chi connectivity index (χ1v) is 5.62. The van der Waals surface area contributed by atoms with Gasteiger partial charge in [0.1, 0.15) is 0 Å². The molecule has 6 nitrogen and oxygen atoms in total. The molecular weight excluding hydrogens is 222 g/mol. The second-order valence-corrected chi connectivity index (χ2v) is 4.15. The largest absolute Gasteiger partial charge is 0.481 e. The highest BCUT2D eigenvalue weighted by atomic mass is 16.4. The number of urea groups is 1. The fraction of sp³-hybridized carbons (Fsp3) is 0.636.